The zero-order valence-corrected chi connectivity index (χ0v) is 13.7. The highest BCUT2D eigenvalue weighted by Gasteiger charge is 2.16. The fraction of sp³-hybridized carbons (Fsp3) is 0.353. The molecule has 1 aromatic carbocycles. The van der Waals surface area contributed by atoms with Crippen LogP contribution in [0.4, 0.5) is 5.69 Å². The Labute approximate surface area is 135 Å². The number of hydrogen-bond acceptors (Lipinski definition) is 3. The molecule has 1 N–H and O–H groups in total. The first-order valence-electron chi connectivity index (χ1n) is 7.32. The van der Waals surface area contributed by atoms with E-state index in [1.165, 1.54) is 22.4 Å². The molecular formula is C17H19NOS2. The molecule has 0 fully saturated rings. The summed E-state index contributed by atoms with van der Waals surface area (Å²) >= 11 is 7.01. The van der Waals surface area contributed by atoms with Crippen LogP contribution >= 0.6 is 23.6 Å². The molecule has 0 bridgehead atoms. The first kappa shape index (κ1) is 14.5. The quantitative estimate of drug-likeness (QED) is 0.834. The van der Waals surface area contributed by atoms with Gasteiger partial charge in [-0.1, -0.05) is 18.2 Å². The molecule has 0 aliphatic carbocycles. The molecule has 0 saturated carbocycles. The van der Waals surface area contributed by atoms with Crippen LogP contribution in [-0.2, 0) is 24.0 Å². The summed E-state index contributed by atoms with van der Waals surface area (Å²) in [6.07, 6.45) is 4.51. The van der Waals surface area contributed by atoms with E-state index in [0.29, 0.717) is 5.17 Å². The lowest BCUT2D eigenvalue weighted by Crippen LogP contribution is -2.16. The fourth-order valence-corrected chi connectivity index (χ4v) is 3.71. The second kappa shape index (κ2) is 6.58. The van der Waals surface area contributed by atoms with Crippen molar-refractivity contribution in [2.24, 2.45) is 0 Å². The van der Waals surface area contributed by atoms with Gasteiger partial charge in [-0.25, -0.2) is 0 Å². The molecule has 2 heterocycles. The molecule has 21 heavy (non-hydrogen) atoms. The summed E-state index contributed by atoms with van der Waals surface area (Å²) in [4.78, 5) is 1.47. The second-order valence-corrected chi connectivity index (χ2v) is 6.87. The normalized spacial score (nSPS) is 17.6. The van der Waals surface area contributed by atoms with Gasteiger partial charge in [-0.15, -0.1) is 11.3 Å². The zero-order chi connectivity index (χ0) is 14.7. The van der Waals surface area contributed by atoms with Crippen LogP contribution < -0.4 is 5.32 Å². The minimum atomic E-state index is 0.132. The van der Waals surface area contributed by atoms with Crippen molar-refractivity contribution in [3.8, 4) is 0 Å². The molecule has 0 saturated heterocycles. The first-order chi connectivity index (χ1) is 10.2. The molecule has 1 atom stereocenters. The van der Waals surface area contributed by atoms with E-state index in [-0.39, 0.29) is 6.10 Å². The molecule has 0 amide bonds. The second-order valence-electron chi connectivity index (χ2n) is 5.47. The maximum absolute atomic E-state index is 5.59. The predicted octanol–water partition coefficient (Wildman–Crippen LogP) is 4.58. The lowest BCUT2D eigenvalue weighted by molar-refractivity contribution is 0.217. The molecule has 2 nitrogen and oxygen atoms in total. The highest BCUT2D eigenvalue weighted by Crippen LogP contribution is 2.24. The van der Waals surface area contributed by atoms with Crippen molar-refractivity contribution in [3.63, 3.8) is 0 Å². The summed E-state index contributed by atoms with van der Waals surface area (Å²) in [6.45, 7) is 2.06. The van der Waals surface area contributed by atoms with E-state index in [9.17, 15) is 0 Å². The Morgan fingerprint density at radius 2 is 2.24 bits per heavy atom. The van der Waals surface area contributed by atoms with Crippen LogP contribution in [0, 0.1) is 0 Å². The SMILES string of the molecule is CC1Cc2cc(CCCc3cccs3)ccc2NC(=S)O1. The van der Waals surface area contributed by atoms with E-state index >= 15 is 0 Å². The van der Waals surface area contributed by atoms with Gasteiger partial charge in [-0.05, 0) is 67.0 Å². The van der Waals surface area contributed by atoms with Gasteiger partial charge in [0.1, 0.15) is 6.10 Å². The van der Waals surface area contributed by atoms with Gasteiger partial charge in [-0.2, -0.15) is 0 Å². The summed E-state index contributed by atoms with van der Waals surface area (Å²) in [6, 6.07) is 11.0. The van der Waals surface area contributed by atoms with E-state index < -0.39 is 0 Å². The van der Waals surface area contributed by atoms with Crippen molar-refractivity contribution in [1.82, 2.24) is 0 Å². The van der Waals surface area contributed by atoms with Gasteiger partial charge in [0.15, 0.2) is 0 Å². The smallest absolute Gasteiger partial charge is 0.261 e. The van der Waals surface area contributed by atoms with E-state index in [1.54, 1.807) is 0 Å². The van der Waals surface area contributed by atoms with Crippen molar-refractivity contribution in [1.29, 1.82) is 0 Å². The lowest BCUT2D eigenvalue weighted by Gasteiger charge is -2.09. The highest BCUT2D eigenvalue weighted by atomic mass is 32.1. The largest absolute Gasteiger partial charge is 0.467 e. The number of hydrogen-bond donors (Lipinski definition) is 1. The van der Waals surface area contributed by atoms with Gasteiger partial charge < -0.3 is 10.1 Å². The van der Waals surface area contributed by atoms with Gasteiger partial charge in [-0.3, -0.25) is 0 Å². The van der Waals surface area contributed by atoms with Crippen LogP contribution in [0.5, 0.6) is 0 Å². The van der Waals surface area contributed by atoms with Crippen LogP contribution in [0.1, 0.15) is 29.3 Å². The van der Waals surface area contributed by atoms with Gasteiger partial charge in [0.25, 0.3) is 5.17 Å². The number of thiophene rings is 1. The summed E-state index contributed by atoms with van der Waals surface area (Å²) in [7, 11) is 0. The van der Waals surface area contributed by atoms with Crippen molar-refractivity contribution in [3.05, 3.63) is 51.7 Å². The Balaban J connectivity index is 1.66. The van der Waals surface area contributed by atoms with E-state index in [4.69, 9.17) is 17.0 Å². The minimum absolute atomic E-state index is 0.132. The number of rotatable bonds is 4. The fourth-order valence-electron chi connectivity index (χ4n) is 2.69. The number of anilines is 1. The zero-order valence-electron chi connectivity index (χ0n) is 12.1. The number of thiocarbonyl (C=S) groups is 1. The average molecular weight is 317 g/mol. The third kappa shape index (κ3) is 3.83. The Hall–Kier alpha value is -1.39. The summed E-state index contributed by atoms with van der Waals surface area (Å²) in [5.41, 5.74) is 3.79. The Morgan fingerprint density at radius 1 is 1.33 bits per heavy atom. The lowest BCUT2D eigenvalue weighted by atomic mass is 10.0. The monoisotopic (exact) mass is 317 g/mol. The Bertz CT molecular complexity index is 622. The number of nitrogens with one attached hydrogen (secondary N) is 1. The highest BCUT2D eigenvalue weighted by molar-refractivity contribution is 7.80. The van der Waals surface area contributed by atoms with Crippen LogP contribution in [0.15, 0.2) is 35.7 Å². The Kier molecular flexibility index (Phi) is 4.56. The summed E-state index contributed by atoms with van der Waals surface area (Å²) < 4.78 is 5.59. The molecule has 1 unspecified atom stereocenters. The number of aryl methyl sites for hydroxylation is 2. The maximum Gasteiger partial charge on any atom is 0.261 e. The topological polar surface area (TPSA) is 21.3 Å². The molecule has 2 aromatic rings. The molecule has 110 valence electrons. The minimum Gasteiger partial charge on any atom is -0.467 e. The van der Waals surface area contributed by atoms with Crippen molar-refractivity contribution in [2.45, 2.75) is 38.7 Å². The molecular weight excluding hydrogens is 298 g/mol. The first-order valence-corrected chi connectivity index (χ1v) is 8.61. The van der Waals surface area contributed by atoms with Gasteiger partial charge in [0.2, 0.25) is 0 Å². The molecule has 3 rings (SSSR count). The van der Waals surface area contributed by atoms with Crippen molar-refractivity contribution < 1.29 is 4.74 Å². The third-order valence-corrected chi connectivity index (χ3v) is 4.83. The molecule has 0 spiro atoms. The van der Waals surface area contributed by atoms with Gasteiger partial charge in [0.05, 0.1) is 0 Å². The number of fused-ring (bicyclic) bond motifs is 1. The molecule has 1 aromatic heterocycles. The van der Waals surface area contributed by atoms with Crippen LogP contribution in [0.3, 0.4) is 0 Å². The van der Waals surface area contributed by atoms with Crippen LogP contribution in [0.2, 0.25) is 0 Å². The average Bonchev–Trinajstić information content (AvgIpc) is 2.89. The molecule has 1 aliphatic heterocycles. The summed E-state index contributed by atoms with van der Waals surface area (Å²) in [5, 5.41) is 5.79. The van der Waals surface area contributed by atoms with E-state index in [1.807, 2.05) is 11.3 Å². The molecule has 0 radical (unpaired) electrons. The van der Waals surface area contributed by atoms with E-state index in [0.717, 1.165) is 24.9 Å². The van der Waals surface area contributed by atoms with E-state index in [2.05, 4.69) is 48.0 Å². The van der Waals surface area contributed by atoms with Crippen LogP contribution in [-0.4, -0.2) is 11.3 Å². The maximum atomic E-state index is 5.59. The number of benzene rings is 1. The van der Waals surface area contributed by atoms with Gasteiger partial charge in [0, 0.05) is 17.0 Å². The molecule has 1 aliphatic rings. The predicted molar refractivity (Wildman–Crippen MR) is 93.3 cm³/mol. The van der Waals surface area contributed by atoms with Crippen LogP contribution in [0.25, 0.3) is 0 Å². The number of ether oxygens (including phenoxy) is 1. The Morgan fingerprint density at radius 3 is 3.05 bits per heavy atom. The third-order valence-electron chi connectivity index (χ3n) is 3.69. The molecule has 4 heteroatoms. The van der Waals surface area contributed by atoms with Crippen molar-refractivity contribution in [2.75, 3.05) is 5.32 Å². The summed E-state index contributed by atoms with van der Waals surface area (Å²) in [5.74, 6) is 0. The van der Waals surface area contributed by atoms with Crippen molar-refractivity contribution >= 4 is 34.4 Å². The van der Waals surface area contributed by atoms with Gasteiger partial charge >= 0.3 is 0 Å². The standard InChI is InChI=1S/C17H19NOS2/c1-12-10-14-11-13(4-2-5-15-6-3-9-21-15)7-8-16(14)18-17(20)19-12/h3,6-9,11-12H,2,4-5,10H2,1H3,(H,18,20).